The Balaban J connectivity index is 1.51. The van der Waals surface area contributed by atoms with Crippen LogP contribution in [-0.2, 0) is 24.2 Å². The molecule has 2 aliphatic rings. The minimum absolute atomic E-state index is 0.0339. The Morgan fingerprint density at radius 2 is 1.83 bits per heavy atom. The van der Waals surface area contributed by atoms with E-state index in [1.54, 1.807) is 7.11 Å². The maximum Gasteiger partial charge on any atom is 0.209 e. The molecule has 3 rings (SSSR count). The molecule has 1 heterocycles. The average molecular weight is 427 g/mol. The highest BCUT2D eigenvalue weighted by atomic mass is 32.2. The molecule has 0 aromatic heterocycles. The minimum Gasteiger partial charge on any atom is -0.377 e. The van der Waals surface area contributed by atoms with Crippen LogP contribution < -0.4 is 4.72 Å². The number of hydrogen-bond acceptors (Lipinski definition) is 6. The molecule has 1 aliphatic heterocycles. The van der Waals surface area contributed by atoms with Crippen molar-refractivity contribution in [2.75, 3.05) is 40.0 Å². The molecular formula is C21H34N2O5S. The van der Waals surface area contributed by atoms with Crippen LogP contribution in [0.5, 0.6) is 0 Å². The van der Waals surface area contributed by atoms with Gasteiger partial charge in [0.1, 0.15) is 13.5 Å². The van der Waals surface area contributed by atoms with E-state index in [-0.39, 0.29) is 25.0 Å². The van der Waals surface area contributed by atoms with Gasteiger partial charge in [0, 0.05) is 19.7 Å². The Kier molecular flexibility index (Phi) is 8.46. The fourth-order valence-corrected chi connectivity index (χ4v) is 5.30. The van der Waals surface area contributed by atoms with Crippen LogP contribution in [0.15, 0.2) is 30.3 Å². The molecule has 0 unspecified atom stereocenters. The van der Waals surface area contributed by atoms with E-state index in [1.807, 2.05) is 0 Å². The number of hydrogen-bond donors (Lipinski definition) is 1. The summed E-state index contributed by atoms with van der Waals surface area (Å²) in [5, 5.41) is 0. The third-order valence-corrected chi connectivity index (χ3v) is 6.66. The third-order valence-electron chi connectivity index (χ3n) is 5.93. The van der Waals surface area contributed by atoms with Crippen LogP contribution >= 0.6 is 0 Å². The number of methoxy groups -OCH3 is 1. The Bertz CT molecular complexity index is 707. The Hall–Kier alpha value is -1.03. The zero-order chi connectivity index (χ0) is 20.7. The second kappa shape index (κ2) is 10.8. The van der Waals surface area contributed by atoms with Gasteiger partial charge in [-0.2, -0.15) is 0 Å². The van der Waals surface area contributed by atoms with Gasteiger partial charge in [0.15, 0.2) is 0 Å². The summed E-state index contributed by atoms with van der Waals surface area (Å²) in [7, 11) is -1.68. The second-order valence-corrected chi connectivity index (χ2v) is 9.90. The maximum atomic E-state index is 11.8. The molecule has 2 atom stereocenters. The van der Waals surface area contributed by atoms with Crippen molar-refractivity contribution < 1.29 is 22.6 Å². The first-order valence-electron chi connectivity index (χ1n) is 10.4. The third kappa shape index (κ3) is 7.01. The lowest BCUT2D eigenvalue weighted by molar-refractivity contribution is -0.0888. The maximum absolute atomic E-state index is 11.8. The monoisotopic (exact) mass is 426 g/mol. The highest BCUT2D eigenvalue weighted by Crippen LogP contribution is 2.34. The number of ether oxygens (including phenoxy) is 3. The summed E-state index contributed by atoms with van der Waals surface area (Å²) < 4.78 is 43.0. The van der Waals surface area contributed by atoms with Gasteiger partial charge in [0.05, 0.1) is 25.0 Å². The Morgan fingerprint density at radius 1 is 1.10 bits per heavy atom. The zero-order valence-corrected chi connectivity index (χ0v) is 18.3. The van der Waals surface area contributed by atoms with Crippen molar-refractivity contribution in [3.8, 4) is 0 Å². The quantitative estimate of drug-likeness (QED) is 0.457. The first-order chi connectivity index (χ1) is 14.0. The molecule has 164 valence electrons. The van der Waals surface area contributed by atoms with Gasteiger partial charge < -0.3 is 14.2 Å². The lowest BCUT2D eigenvalue weighted by Crippen LogP contribution is -2.48. The van der Waals surface area contributed by atoms with E-state index >= 15 is 0 Å². The van der Waals surface area contributed by atoms with E-state index < -0.39 is 10.0 Å². The molecule has 1 aromatic rings. The van der Waals surface area contributed by atoms with Gasteiger partial charge in [0.2, 0.25) is 10.0 Å². The lowest BCUT2D eigenvalue weighted by Gasteiger charge is -2.32. The lowest BCUT2D eigenvalue weighted by atomic mass is 9.83. The molecule has 29 heavy (non-hydrogen) atoms. The number of likely N-dealkylation sites (tertiary alicyclic amines) is 1. The standard InChI is InChI=1S/C21H34N2O5S/c1-26-16-27-15-23-13-12-20(22-29(2,24)25)21(23)14-28-19-10-8-18(9-11-19)17-6-4-3-5-7-17/h3-7,18-22H,8-16H2,1-2H3/t18-,19+,20-,21-/m0/s1. The number of nitrogens with one attached hydrogen (secondary N) is 1. The predicted octanol–water partition coefficient (Wildman–Crippen LogP) is 2.30. The van der Waals surface area contributed by atoms with Crippen LogP contribution in [0.25, 0.3) is 0 Å². The first kappa shape index (κ1) is 22.7. The van der Waals surface area contributed by atoms with Crippen molar-refractivity contribution in [3.63, 3.8) is 0 Å². The molecule has 7 nitrogen and oxygen atoms in total. The Labute approximate surface area is 174 Å². The van der Waals surface area contributed by atoms with E-state index in [0.29, 0.717) is 19.3 Å². The normalized spacial score (nSPS) is 28.6. The SMILES string of the molecule is COCOCN1CC[C@H](NS(C)(=O)=O)[C@@H]1CO[C@H]1CC[C@@H](c2ccccc2)CC1. The van der Waals surface area contributed by atoms with Gasteiger partial charge in [-0.3, -0.25) is 4.90 Å². The summed E-state index contributed by atoms with van der Waals surface area (Å²) >= 11 is 0. The first-order valence-corrected chi connectivity index (χ1v) is 12.3. The molecule has 1 saturated heterocycles. The smallest absolute Gasteiger partial charge is 0.209 e. The molecule has 2 fully saturated rings. The van der Waals surface area contributed by atoms with E-state index in [1.165, 1.54) is 11.8 Å². The molecule has 0 spiro atoms. The molecule has 1 N–H and O–H groups in total. The van der Waals surface area contributed by atoms with Crippen LogP contribution in [0.2, 0.25) is 0 Å². The van der Waals surface area contributed by atoms with Crippen molar-refractivity contribution in [2.45, 2.75) is 56.2 Å². The number of benzene rings is 1. The zero-order valence-electron chi connectivity index (χ0n) is 17.5. The molecule has 8 heteroatoms. The van der Waals surface area contributed by atoms with Gasteiger partial charge in [0.25, 0.3) is 0 Å². The molecule has 0 amide bonds. The number of sulfonamides is 1. The van der Waals surface area contributed by atoms with Gasteiger partial charge >= 0.3 is 0 Å². The number of nitrogens with zero attached hydrogens (tertiary/aromatic N) is 1. The van der Waals surface area contributed by atoms with Crippen LogP contribution in [0.3, 0.4) is 0 Å². The molecular weight excluding hydrogens is 392 g/mol. The predicted molar refractivity (Wildman–Crippen MR) is 112 cm³/mol. The highest BCUT2D eigenvalue weighted by Gasteiger charge is 2.36. The summed E-state index contributed by atoms with van der Waals surface area (Å²) in [5.74, 6) is 0.612. The van der Waals surface area contributed by atoms with E-state index in [2.05, 4.69) is 40.0 Å². The summed E-state index contributed by atoms with van der Waals surface area (Å²) in [6.07, 6.45) is 6.53. The molecule has 0 radical (unpaired) electrons. The Morgan fingerprint density at radius 3 is 2.48 bits per heavy atom. The van der Waals surface area contributed by atoms with Gasteiger partial charge in [-0.05, 0) is 43.6 Å². The number of rotatable bonds is 10. The fourth-order valence-electron chi connectivity index (χ4n) is 4.47. The average Bonchev–Trinajstić information content (AvgIpc) is 3.07. The largest absolute Gasteiger partial charge is 0.377 e. The van der Waals surface area contributed by atoms with Gasteiger partial charge in [-0.15, -0.1) is 0 Å². The van der Waals surface area contributed by atoms with Crippen molar-refractivity contribution in [1.82, 2.24) is 9.62 Å². The fraction of sp³-hybridized carbons (Fsp3) is 0.714. The van der Waals surface area contributed by atoms with Gasteiger partial charge in [-0.25, -0.2) is 13.1 Å². The van der Waals surface area contributed by atoms with Crippen LogP contribution in [0, 0.1) is 0 Å². The molecule has 1 aliphatic carbocycles. The molecule has 0 bridgehead atoms. The minimum atomic E-state index is -3.27. The van der Waals surface area contributed by atoms with Crippen molar-refractivity contribution in [2.24, 2.45) is 0 Å². The second-order valence-electron chi connectivity index (χ2n) is 8.12. The van der Waals surface area contributed by atoms with Crippen LogP contribution in [-0.4, -0.2) is 71.5 Å². The molecule has 1 saturated carbocycles. The molecule has 1 aromatic carbocycles. The van der Waals surface area contributed by atoms with Crippen molar-refractivity contribution in [1.29, 1.82) is 0 Å². The summed E-state index contributed by atoms with van der Waals surface area (Å²) in [5.41, 5.74) is 1.42. The van der Waals surface area contributed by atoms with Crippen molar-refractivity contribution >= 4 is 10.0 Å². The highest BCUT2D eigenvalue weighted by molar-refractivity contribution is 7.88. The van der Waals surface area contributed by atoms with E-state index in [4.69, 9.17) is 14.2 Å². The summed E-state index contributed by atoms with van der Waals surface area (Å²) in [6, 6.07) is 10.5. The van der Waals surface area contributed by atoms with Crippen LogP contribution in [0.1, 0.15) is 43.6 Å². The topological polar surface area (TPSA) is 77.1 Å². The van der Waals surface area contributed by atoms with Gasteiger partial charge in [-0.1, -0.05) is 30.3 Å². The van der Waals surface area contributed by atoms with Crippen molar-refractivity contribution in [3.05, 3.63) is 35.9 Å². The van der Waals surface area contributed by atoms with E-state index in [9.17, 15) is 8.42 Å². The van der Waals surface area contributed by atoms with E-state index in [0.717, 1.165) is 38.6 Å². The summed E-state index contributed by atoms with van der Waals surface area (Å²) in [4.78, 5) is 2.14. The summed E-state index contributed by atoms with van der Waals surface area (Å²) in [6.45, 7) is 1.90. The van der Waals surface area contributed by atoms with Crippen LogP contribution in [0.4, 0.5) is 0 Å².